The maximum absolute atomic E-state index is 11.9. The Hall–Kier alpha value is -1.68. The lowest BCUT2D eigenvalue weighted by atomic mass is 9.93. The number of nitrogens with one attached hydrogen (secondary N) is 2. The third-order valence-corrected chi connectivity index (χ3v) is 3.48. The predicted molar refractivity (Wildman–Crippen MR) is 68.7 cm³/mol. The quantitative estimate of drug-likeness (QED) is 0.792. The van der Waals surface area contributed by atoms with E-state index in [2.05, 4.69) is 10.6 Å². The molecule has 3 atom stereocenters. The normalized spacial score (nSPS) is 25.7. The minimum atomic E-state index is -0.442. The van der Waals surface area contributed by atoms with Crippen LogP contribution in [0.2, 0.25) is 0 Å². The first-order valence-electron chi connectivity index (χ1n) is 6.29. The molecule has 4 heteroatoms. The number of piperazine rings is 1. The Morgan fingerprint density at radius 3 is 2.44 bits per heavy atom. The lowest BCUT2D eigenvalue weighted by Crippen LogP contribution is -2.59. The van der Waals surface area contributed by atoms with Gasteiger partial charge in [0.2, 0.25) is 11.8 Å². The van der Waals surface area contributed by atoms with Gasteiger partial charge in [-0.3, -0.25) is 20.2 Å². The number of amides is 2. The zero-order valence-electron chi connectivity index (χ0n) is 10.6. The van der Waals surface area contributed by atoms with Gasteiger partial charge in [-0.25, -0.2) is 0 Å². The van der Waals surface area contributed by atoms with Crippen LogP contribution in [0.3, 0.4) is 0 Å². The molecule has 0 spiro atoms. The van der Waals surface area contributed by atoms with Crippen LogP contribution in [0, 0.1) is 5.92 Å². The predicted octanol–water partition coefficient (Wildman–Crippen LogP) is 1.39. The van der Waals surface area contributed by atoms with E-state index in [1.54, 1.807) is 0 Å². The van der Waals surface area contributed by atoms with E-state index in [1.807, 2.05) is 44.2 Å². The van der Waals surface area contributed by atoms with E-state index in [4.69, 9.17) is 0 Å². The van der Waals surface area contributed by atoms with E-state index in [-0.39, 0.29) is 23.8 Å². The SMILES string of the molecule is CC[C@H](C)[C@@H]1N[C@@H](c2ccccc2)C(=O)NC1=O. The van der Waals surface area contributed by atoms with Crippen molar-refractivity contribution in [2.75, 3.05) is 0 Å². The summed E-state index contributed by atoms with van der Waals surface area (Å²) in [7, 11) is 0. The molecule has 1 aromatic rings. The van der Waals surface area contributed by atoms with Gasteiger partial charge < -0.3 is 0 Å². The lowest BCUT2D eigenvalue weighted by Gasteiger charge is -2.32. The molecule has 0 bridgehead atoms. The minimum Gasteiger partial charge on any atom is -0.293 e. The second-order valence-electron chi connectivity index (χ2n) is 4.73. The van der Waals surface area contributed by atoms with E-state index in [1.165, 1.54) is 0 Å². The number of rotatable bonds is 3. The molecule has 1 heterocycles. The molecule has 1 aromatic carbocycles. The minimum absolute atomic E-state index is 0.198. The molecule has 4 nitrogen and oxygen atoms in total. The molecule has 2 N–H and O–H groups in total. The van der Waals surface area contributed by atoms with Crippen molar-refractivity contribution in [3.63, 3.8) is 0 Å². The molecule has 2 rings (SSSR count). The molecule has 0 unspecified atom stereocenters. The molecule has 1 aliphatic rings. The van der Waals surface area contributed by atoms with Crippen LogP contribution in [0.25, 0.3) is 0 Å². The highest BCUT2D eigenvalue weighted by Crippen LogP contribution is 2.20. The fraction of sp³-hybridized carbons (Fsp3) is 0.429. The smallest absolute Gasteiger partial charge is 0.248 e. The van der Waals surface area contributed by atoms with Crippen LogP contribution in [0.15, 0.2) is 30.3 Å². The Morgan fingerprint density at radius 1 is 1.17 bits per heavy atom. The van der Waals surface area contributed by atoms with Crippen LogP contribution in [0.1, 0.15) is 31.9 Å². The number of hydrogen-bond acceptors (Lipinski definition) is 3. The van der Waals surface area contributed by atoms with E-state index in [0.29, 0.717) is 0 Å². The topological polar surface area (TPSA) is 58.2 Å². The van der Waals surface area contributed by atoms with Gasteiger partial charge in [-0.05, 0) is 11.5 Å². The Kier molecular flexibility index (Phi) is 3.77. The van der Waals surface area contributed by atoms with Crippen molar-refractivity contribution >= 4 is 11.8 Å². The Balaban J connectivity index is 2.22. The van der Waals surface area contributed by atoms with Crippen LogP contribution < -0.4 is 10.6 Å². The summed E-state index contributed by atoms with van der Waals surface area (Å²) >= 11 is 0. The first kappa shape index (κ1) is 12.8. The average molecular weight is 246 g/mol. The summed E-state index contributed by atoms with van der Waals surface area (Å²) in [6.07, 6.45) is 0.890. The highest BCUT2D eigenvalue weighted by molar-refractivity contribution is 6.03. The monoisotopic (exact) mass is 246 g/mol. The molecule has 1 fully saturated rings. The number of hydrogen-bond donors (Lipinski definition) is 2. The molecular weight excluding hydrogens is 228 g/mol. The maximum atomic E-state index is 11.9. The molecule has 96 valence electrons. The molecule has 0 saturated carbocycles. The van der Waals surface area contributed by atoms with Gasteiger partial charge in [-0.2, -0.15) is 0 Å². The van der Waals surface area contributed by atoms with Gasteiger partial charge in [0.25, 0.3) is 0 Å². The highest BCUT2D eigenvalue weighted by Gasteiger charge is 2.36. The fourth-order valence-corrected chi connectivity index (χ4v) is 2.15. The largest absolute Gasteiger partial charge is 0.293 e. The Morgan fingerprint density at radius 2 is 1.83 bits per heavy atom. The highest BCUT2D eigenvalue weighted by atomic mass is 16.2. The summed E-state index contributed by atoms with van der Waals surface area (Å²) in [6, 6.07) is 8.71. The fourth-order valence-electron chi connectivity index (χ4n) is 2.15. The maximum Gasteiger partial charge on any atom is 0.248 e. The van der Waals surface area contributed by atoms with Gasteiger partial charge in [0.1, 0.15) is 6.04 Å². The van der Waals surface area contributed by atoms with Crippen LogP contribution in [-0.2, 0) is 9.59 Å². The zero-order chi connectivity index (χ0) is 13.1. The van der Waals surface area contributed by atoms with Crippen LogP contribution in [0.5, 0.6) is 0 Å². The van der Waals surface area contributed by atoms with Crippen molar-refractivity contribution in [3.8, 4) is 0 Å². The van der Waals surface area contributed by atoms with Crippen molar-refractivity contribution in [3.05, 3.63) is 35.9 Å². The van der Waals surface area contributed by atoms with E-state index in [0.717, 1.165) is 12.0 Å². The second-order valence-corrected chi connectivity index (χ2v) is 4.73. The lowest BCUT2D eigenvalue weighted by molar-refractivity contribution is -0.137. The Labute approximate surface area is 107 Å². The average Bonchev–Trinajstić information content (AvgIpc) is 2.39. The number of imide groups is 1. The molecule has 0 aromatic heterocycles. The summed E-state index contributed by atoms with van der Waals surface area (Å²) < 4.78 is 0. The number of benzene rings is 1. The number of carbonyl (C=O) groups is 2. The van der Waals surface area contributed by atoms with E-state index >= 15 is 0 Å². The van der Waals surface area contributed by atoms with Crippen LogP contribution in [0.4, 0.5) is 0 Å². The molecule has 2 amide bonds. The molecular formula is C14H18N2O2. The van der Waals surface area contributed by atoms with Gasteiger partial charge in [0.15, 0.2) is 0 Å². The molecule has 0 radical (unpaired) electrons. The van der Waals surface area contributed by atoms with Crippen LogP contribution in [-0.4, -0.2) is 17.9 Å². The van der Waals surface area contributed by atoms with E-state index in [9.17, 15) is 9.59 Å². The van der Waals surface area contributed by atoms with Gasteiger partial charge in [-0.15, -0.1) is 0 Å². The van der Waals surface area contributed by atoms with Crippen molar-refractivity contribution < 1.29 is 9.59 Å². The first-order chi connectivity index (χ1) is 8.63. The Bertz CT molecular complexity index is 444. The van der Waals surface area contributed by atoms with Crippen molar-refractivity contribution in [1.82, 2.24) is 10.6 Å². The molecule has 0 aliphatic carbocycles. The van der Waals surface area contributed by atoms with Gasteiger partial charge in [0, 0.05) is 0 Å². The third kappa shape index (κ3) is 2.43. The summed E-state index contributed by atoms with van der Waals surface area (Å²) in [4.78, 5) is 23.7. The summed E-state index contributed by atoms with van der Waals surface area (Å²) in [5, 5.41) is 5.61. The zero-order valence-corrected chi connectivity index (χ0v) is 10.6. The third-order valence-electron chi connectivity index (χ3n) is 3.48. The summed E-state index contributed by atoms with van der Waals surface area (Å²) in [5.41, 5.74) is 0.885. The van der Waals surface area contributed by atoms with Crippen LogP contribution >= 0.6 is 0 Å². The van der Waals surface area contributed by atoms with Gasteiger partial charge in [-0.1, -0.05) is 50.6 Å². The van der Waals surface area contributed by atoms with Gasteiger partial charge in [0.05, 0.1) is 6.04 Å². The standard InChI is InChI=1S/C14H18N2O2/c1-3-9(2)11-13(17)16-14(18)12(15-11)10-7-5-4-6-8-10/h4-9,11-12,15H,3H2,1-2H3,(H,16,17,18)/t9-,11-,12-/m0/s1. The van der Waals surface area contributed by atoms with Gasteiger partial charge >= 0.3 is 0 Å². The second kappa shape index (κ2) is 5.31. The molecule has 18 heavy (non-hydrogen) atoms. The molecule has 1 aliphatic heterocycles. The van der Waals surface area contributed by atoms with Crippen molar-refractivity contribution in [2.24, 2.45) is 5.92 Å². The van der Waals surface area contributed by atoms with Crippen molar-refractivity contribution in [2.45, 2.75) is 32.4 Å². The first-order valence-corrected chi connectivity index (χ1v) is 6.29. The summed E-state index contributed by atoms with van der Waals surface area (Å²) in [6.45, 7) is 4.04. The number of carbonyl (C=O) groups excluding carboxylic acids is 2. The van der Waals surface area contributed by atoms with Crippen molar-refractivity contribution in [1.29, 1.82) is 0 Å². The summed E-state index contributed by atoms with van der Waals surface area (Å²) in [5.74, 6) is -0.295. The molecule has 1 saturated heterocycles. The van der Waals surface area contributed by atoms with E-state index < -0.39 is 6.04 Å².